The third-order valence-corrected chi connectivity index (χ3v) is 5.88. The molecule has 1 atom stereocenters. The van der Waals surface area contributed by atoms with Crippen LogP contribution in [0, 0.1) is 0 Å². The number of Topliss-reactive ketones (excluding diaryl/α,β-unsaturated/α-hetero) is 1. The lowest BCUT2D eigenvalue weighted by Gasteiger charge is -2.28. The number of rotatable bonds is 8. The van der Waals surface area contributed by atoms with Gasteiger partial charge in [0.1, 0.15) is 22.8 Å². The summed E-state index contributed by atoms with van der Waals surface area (Å²) in [5, 5.41) is 0. The van der Waals surface area contributed by atoms with E-state index >= 15 is 0 Å². The standard InChI is InChI=1S/C28H27NO6/c1-4-34-28(31)26-23(16-24(30)17-8-6-5-7-9-17)22-14-18(10-11-25(22)35-27(26)29)19-12-20(32-2)15-21(13-19)33-3/h5-15,23H,4,16,29H2,1-3H3. The van der Waals surface area contributed by atoms with E-state index in [4.69, 9.17) is 24.7 Å². The van der Waals surface area contributed by atoms with Crippen molar-refractivity contribution in [2.24, 2.45) is 5.73 Å². The number of nitrogens with two attached hydrogens (primary N) is 1. The first-order valence-corrected chi connectivity index (χ1v) is 11.2. The highest BCUT2D eigenvalue weighted by Crippen LogP contribution is 2.43. The molecule has 7 nitrogen and oxygen atoms in total. The van der Waals surface area contributed by atoms with Crippen molar-refractivity contribution in [3.8, 4) is 28.4 Å². The summed E-state index contributed by atoms with van der Waals surface area (Å²) in [5.74, 6) is 0.345. The monoisotopic (exact) mass is 473 g/mol. The Labute approximate surface area is 204 Å². The van der Waals surface area contributed by atoms with Crippen molar-refractivity contribution in [3.63, 3.8) is 0 Å². The Kier molecular flexibility index (Phi) is 7.06. The average Bonchev–Trinajstić information content (AvgIpc) is 2.88. The molecule has 180 valence electrons. The molecule has 0 saturated heterocycles. The molecule has 3 aromatic rings. The van der Waals surface area contributed by atoms with Gasteiger partial charge in [0.05, 0.1) is 20.8 Å². The highest BCUT2D eigenvalue weighted by Gasteiger charge is 2.36. The summed E-state index contributed by atoms with van der Waals surface area (Å²) in [7, 11) is 3.17. The maximum atomic E-state index is 13.2. The van der Waals surface area contributed by atoms with Crippen LogP contribution in [0.15, 0.2) is 78.2 Å². The summed E-state index contributed by atoms with van der Waals surface area (Å²) in [5.41, 5.74) is 9.22. The van der Waals surface area contributed by atoms with E-state index in [9.17, 15) is 9.59 Å². The van der Waals surface area contributed by atoms with Crippen molar-refractivity contribution in [2.75, 3.05) is 20.8 Å². The van der Waals surface area contributed by atoms with E-state index in [-0.39, 0.29) is 30.3 Å². The Morgan fingerprint density at radius 2 is 1.60 bits per heavy atom. The van der Waals surface area contributed by atoms with Crippen molar-refractivity contribution in [1.82, 2.24) is 0 Å². The normalized spacial score (nSPS) is 14.5. The number of ether oxygens (including phenoxy) is 4. The van der Waals surface area contributed by atoms with E-state index in [0.29, 0.717) is 28.4 Å². The van der Waals surface area contributed by atoms with Gasteiger partial charge in [-0.3, -0.25) is 4.79 Å². The molecule has 1 unspecified atom stereocenters. The smallest absolute Gasteiger partial charge is 0.340 e. The number of ketones is 1. The fraction of sp³-hybridized carbons (Fsp3) is 0.214. The van der Waals surface area contributed by atoms with Gasteiger partial charge in [0.15, 0.2) is 5.78 Å². The predicted molar refractivity (Wildman–Crippen MR) is 132 cm³/mol. The minimum Gasteiger partial charge on any atom is -0.497 e. The molecule has 0 bridgehead atoms. The van der Waals surface area contributed by atoms with Crippen LogP contribution in [-0.4, -0.2) is 32.6 Å². The van der Waals surface area contributed by atoms with Gasteiger partial charge < -0.3 is 24.7 Å². The van der Waals surface area contributed by atoms with E-state index in [1.807, 2.05) is 30.3 Å². The van der Waals surface area contributed by atoms with Crippen LogP contribution in [0.5, 0.6) is 17.2 Å². The first kappa shape index (κ1) is 23.9. The molecule has 35 heavy (non-hydrogen) atoms. The quantitative estimate of drug-likeness (QED) is 0.369. The maximum Gasteiger partial charge on any atom is 0.340 e. The zero-order chi connectivity index (χ0) is 24.9. The summed E-state index contributed by atoms with van der Waals surface area (Å²) >= 11 is 0. The molecule has 4 rings (SSSR count). The maximum absolute atomic E-state index is 13.2. The third-order valence-electron chi connectivity index (χ3n) is 5.88. The number of esters is 1. The van der Waals surface area contributed by atoms with Crippen LogP contribution in [0.4, 0.5) is 0 Å². The first-order chi connectivity index (χ1) is 16.9. The van der Waals surface area contributed by atoms with Crippen molar-refractivity contribution >= 4 is 11.8 Å². The van der Waals surface area contributed by atoms with Crippen molar-refractivity contribution in [1.29, 1.82) is 0 Å². The lowest BCUT2D eigenvalue weighted by atomic mass is 9.82. The second kappa shape index (κ2) is 10.3. The molecule has 1 aliphatic rings. The highest BCUT2D eigenvalue weighted by atomic mass is 16.5. The first-order valence-electron chi connectivity index (χ1n) is 11.2. The molecular weight excluding hydrogens is 446 g/mol. The van der Waals surface area contributed by atoms with Crippen LogP contribution in [0.3, 0.4) is 0 Å². The third kappa shape index (κ3) is 4.99. The number of fused-ring (bicyclic) bond motifs is 1. The van der Waals surface area contributed by atoms with Gasteiger partial charge >= 0.3 is 5.97 Å². The fourth-order valence-corrected chi connectivity index (χ4v) is 4.16. The van der Waals surface area contributed by atoms with Gasteiger partial charge in [0.25, 0.3) is 0 Å². The second-order valence-electron chi connectivity index (χ2n) is 8.00. The Balaban J connectivity index is 1.81. The van der Waals surface area contributed by atoms with Gasteiger partial charge in [0.2, 0.25) is 5.88 Å². The van der Waals surface area contributed by atoms with Crippen LogP contribution >= 0.6 is 0 Å². The molecule has 0 aliphatic carbocycles. The van der Waals surface area contributed by atoms with Gasteiger partial charge in [-0.15, -0.1) is 0 Å². The fourth-order valence-electron chi connectivity index (χ4n) is 4.16. The molecule has 0 fully saturated rings. The summed E-state index contributed by atoms with van der Waals surface area (Å²) in [6, 6.07) is 20.1. The van der Waals surface area contributed by atoms with Gasteiger partial charge in [-0.1, -0.05) is 36.4 Å². The molecular formula is C28H27NO6. The summed E-state index contributed by atoms with van der Waals surface area (Å²) < 4.78 is 21.9. The molecule has 2 N–H and O–H groups in total. The number of carbonyl (C=O) groups excluding carboxylic acids is 2. The number of hydrogen-bond donors (Lipinski definition) is 1. The van der Waals surface area contributed by atoms with Crippen LogP contribution in [0.2, 0.25) is 0 Å². The van der Waals surface area contributed by atoms with Gasteiger partial charge in [-0.2, -0.15) is 0 Å². The van der Waals surface area contributed by atoms with E-state index in [0.717, 1.165) is 11.1 Å². The Morgan fingerprint density at radius 3 is 2.23 bits per heavy atom. The van der Waals surface area contributed by atoms with Gasteiger partial charge in [-0.05, 0) is 42.3 Å². The van der Waals surface area contributed by atoms with Crippen LogP contribution in [0.1, 0.15) is 35.2 Å². The molecule has 0 spiro atoms. The number of hydrogen-bond acceptors (Lipinski definition) is 7. The van der Waals surface area contributed by atoms with E-state index < -0.39 is 11.9 Å². The topological polar surface area (TPSA) is 97.1 Å². The van der Waals surface area contributed by atoms with E-state index in [2.05, 4.69) is 0 Å². The van der Waals surface area contributed by atoms with Crippen LogP contribution in [0.25, 0.3) is 11.1 Å². The minimum absolute atomic E-state index is 0.0279. The van der Waals surface area contributed by atoms with E-state index in [1.165, 1.54) is 0 Å². The second-order valence-corrected chi connectivity index (χ2v) is 8.00. The van der Waals surface area contributed by atoms with Crippen LogP contribution in [-0.2, 0) is 9.53 Å². The van der Waals surface area contributed by atoms with Crippen molar-refractivity contribution in [3.05, 3.63) is 89.3 Å². The molecule has 0 aromatic heterocycles. The molecule has 1 aliphatic heterocycles. The zero-order valence-corrected chi connectivity index (χ0v) is 19.9. The SMILES string of the molecule is CCOC(=O)C1=C(N)Oc2ccc(-c3cc(OC)cc(OC)c3)cc2C1CC(=O)c1ccccc1. The molecule has 0 radical (unpaired) electrons. The lowest BCUT2D eigenvalue weighted by molar-refractivity contribution is -0.139. The summed E-state index contributed by atoms with van der Waals surface area (Å²) in [4.78, 5) is 26.1. The van der Waals surface area contributed by atoms with Gasteiger partial charge in [-0.25, -0.2) is 4.79 Å². The highest BCUT2D eigenvalue weighted by molar-refractivity contribution is 5.99. The minimum atomic E-state index is -0.641. The summed E-state index contributed by atoms with van der Waals surface area (Å²) in [6.45, 7) is 1.89. The molecule has 7 heteroatoms. The lowest BCUT2D eigenvalue weighted by Crippen LogP contribution is -2.28. The number of carbonyl (C=O) groups is 2. The Morgan fingerprint density at radius 1 is 0.914 bits per heavy atom. The van der Waals surface area contributed by atoms with Crippen molar-refractivity contribution < 1.29 is 28.5 Å². The van der Waals surface area contributed by atoms with Crippen molar-refractivity contribution in [2.45, 2.75) is 19.3 Å². The largest absolute Gasteiger partial charge is 0.497 e. The van der Waals surface area contributed by atoms with Crippen LogP contribution < -0.4 is 19.9 Å². The summed E-state index contributed by atoms with van der Waals surface area (Å²) in [6.07, 6.45) is 0.0279. The Bertz CT molecular complexity index is 1260. The predicted octanol–water partition coefficient (Wildman–Crippen LogP) is 4.85. The molecule has 0 saturated carbocycles. The number of benzene rings is 3. The average molecular weight is 474 g/mol. The molecule has 1 heterocycles. The Hall–Kier alpha value is -4.26. The van der Waals surface area contributed by atoms with E-state index in [1.54, 1.807) is 57.5 Å². The zero-order valence-electron chi connectivity index (χ0n) is 19.9. The molecule has 0 amide bonds. The molecule has 3 aromatic carbocycles. The van der Waals surface area contributed by atoms with Gasteiger partial charge in [0, 0.05) is 29.5 Å². The number of methoxy groups -OCH3 is 2.